The predicted octanol–water partition coefficient (Wildman–Crippen LogP) is 2.46. The molecule has 0 saturated carbocycles. The third-order valence-corrected chi connectivity index (χ3v) is 4.85. The van der Waals surface area contributed by atoms with Gasteiger partial charge in [-0.05, 0) is 55.2 Å². The van der Waals surface area contributed by atoms with Crippen molar-refractivity contribution in [1.82, 2.24) is 20.0 Å². The number of nitrogens with zero attached hydrogens (tertiary/aromatic N) is 3. The minimum atomic E-state index is 0.666. The van der Waals surface area contributed by atoms with Crippen molar-refractivity contribution in [3.63, 3.8) is 0 Å². The van der Waals surface area contributed by atoms with Crippen molar-refractivity contribution in [1.29, 1.82) is 0 Å². The first-order chi connectivity index (χ1) is 9.11. The van der Waals surface area contributed by atoms with Crippen LogP contribution in [-0.2, 0) is 13.6 Å². The molecule has 1 unspecified atom stereocenters. The molecule has 5 heteroatoms. The van der Waals surface area contributed by atoms with Gasteiger partial charge in [0.2, 0.25) is 0 Å². The van der Waals surface area contributed by atoms with E-state index in [4.69, 9.17) is 0 Å². The van der Waals surface area contributed by atoms with Crippen LogP contribution in [-0.4, -0.2) is 40.4 Å². The Morgan fingerprint density at radius 2 is 2.32 bits per heavy atom. The third-order valence-electron chi connectivity index (χ3n) is 3.82. The molecule has 0 bridgehead atoms. The second-order valence-corrected chi connectivity index (χ2v) is 6.29. The lowest BCUT2D eigenvalue weighted by molar-refractivity contribution is 0.235. The molecular formula is C14H25BrN4. The van der Waals surface area contributed by atoms with Gasteiger partial charge in [-0.2, -0.15) is 5.10 Å². The van der Waals surface area contributed by atoms with Crippen molar-refractivity contribution >= 4 is 15.9 Å². The molecule has 1 N–H and O–H groups in total. The van der Waals surface area contributed by atoms with Crippen LogP contribution in [0.5, 0.6) is 0 Å². The average Bonchev–Trinajstić information content (AvgIpc) is 2.94. The topological polar surface area (TPSA) is 33.1 Å². The third kappa shape index (κ3) is 3.80. The highest BCUT2D eigenvalue weighted by molar-refractivity contribution is 9.10. The zero-order chi connectivity index (χ0) is 13.8. The summed E-state index contributed by atoms with van der Waals surface area (Å²) in [5, 5.41) is 8.07. The van der Waals surface area contributed by atoms with Gasteiger partial charge < -0.3 is 5.32 Å². The van der Waals surface area contributed by atoms with Crippen molar-refractivity contribution in [2.45, 2.75) is 45.7 Å². The Morgan fingerprint density at radius 3 is 2.84 bits per heavy atom. The van der Waals surface area contributed by atoms with E-state index in [0.29, 0.717) is 6.04 Å². The second kappa shape index (κ2) is 6.86. The summed E-state index contributed by atoms with van der Waals surface area (Å²) in [6.45, 7) is 8.75. The zero-order valence-electron chi connectivity index (χ0n) is 12.2. The van der Waals surface area contributed by atoms with Gasteiger partial charge in [0.05, 0.1) is 15.9 Å². The van der Waals surface area contributed by atoms with Crippen molar-refractivity contribution in [3.8, 4) is 0 Å². The molecule has 0 radical (unpaired) electrons. The van der Waals surface area contributed by atoms with E-state index in [1.54, 1.807) is 0 Å². The Labute approximate surface area is 124 Å². The SMILES string of the molecule is CCCN(Cc1c(Br)c(C)nn1C)CC1CCCN1. The maximum Gasteiger partial charge on any atom is 0.0739 e. The highest BCUT2D eigenvalue weighted by Crippen LogP contribution is 2.22. The fourth-order valence-corrected chi connectivity index (χ4v) is 3.30. The van der Waals surface area contributed by atoms with E-state index in [-0.39, 0.29) is 0 Å². The number of rotatable bonds is 6. The summed E-state index contributed by atoms with van der Waals surface area (Å²) in [7, 11) is 2.03. The van der Waals surface area contributed by atoms with Crippen molar-refractivity contribution < 1.29 is 0 Å². The largest absolute Gasteiger partial charge is 0.313 e. The van der Waals surface area contributed by atoms with Crippen molar-refractivity contribution in [3.05, 3.63) is 15.9 Å². The Morgan fingerprint density at radius 1 is 1.53 bits per heavy atom. The summed E-state index contributed by atoms with van der Waals surface area (Å²) < 4.78 is 3.17. The highest BCUT2D eigenvalue weighted by Gasteiger charge is 2.20. The zero-order valence-corrected chi connectivity index (χ0v) is 13.8. The van der Waals surface area contributed by atoms with Crippen LogP contribution in [0.4, 0.5) is 0 Å². The molecule has 2 rings (SSSR count). The molecule has 1 aliphatic heterocycles. The Bertz CT molecular complexity index is 410. The minimum Gasteiger partial charge on any atom is -0.313 e. The van der Waals surface area contributed by atoms with E-state index in [1.807, 2.05) is 11.7 Å². The summed E-state index contributed by atoms with van der Waals surface area (Å²) in [6.07, 6.45) is 3.83. The maximum atomic E-state index is 4.48. The van der Waals surface area contributed by atoms with Crippen LogP contribution in [0.1, 0.15) is 37.6 Å². The molecular weight excluding hydrogens is 304 g/mol. The molecule has 1 aromatic rings. The molecule has 19 heavy (non-hydrogen) atoms. The molecule has 1 aliphatic rings. The lowest BCUT2D eigenvalue weighted by Crippen LogP contribution is -2.38. The van der Waals surface area contributed by atoms with E-state index in [0.717, 1.165) is 29.8 Å². The van der Waals surface area contributed by atoms with E-state index < -0.39 is 0 Å². The van der Waals surface area contributed by atoms with E-state index >= 15 is 0 Å². The molecule has 0 spiro atoms. The Balaban J connectivity index is 2.02. The number of nitrogens with one attached hydrogen (secondary N) is 1. The predicted molar refractivity (Wildman–Crippen MR) is 82.2 cm³/mol. The summed E-state index contributed by atoms with van der Waals surface area (Å²) >= 11 is 3.67. The first-order valence-electron chi connectivity index (χ1n) is 7.25. The molecule has 0 amide bonds. The second-order valence-electron chi connectivity index (χ2n) is 5.50. The molecule has 1 fully saturated rings. The van der Waals surface area contributed by atoms with Crippen molar-refractivity contribution in [2.24, 2.45) is 7.05 Å². The average molecular weight is 329 g/mol. The fourth-order valence-electron chi connectivity index (χ4n) is 2.84. The van der Waals surface area contributed by atoms with Crippen LogP contribution in [0.2, 0.25) is 0 Å². The van der Waals surface area contributed by atoms with Gasteiger partial charge in [0, 0.05) is 26.2 Å². The standard InChI is InChI=1S/C14H25BrN4/c1-4-8-19(9-12-6-5-7-16-12)10-13-14(15)11(2)17-18(13)3/h12,16H,4-10H2,1-3H3. The van der Waals surface area contributed by atoms with Crippen LogP contribution in [0.25, 0.3) is 0 Å². The van der Waals surface area contributed by atoms with Gasteiger partial charge in [-0.1, -0.05) is 6.92 Å². The molecule has 2 heterocycles. The fraction of sp³-hybridized carbons (Fsp3) is 0.786. The maximum absolute atomic E-state index is 4.48. The summed E-state index contributed by atoms with van der Waals surface area (Å²) in [6, 6.07) is 0.666. The highest BCUT2D eigenvalue weighted by atomic mass is 79.9. The molecule has 1 atom stereocenters. The molecule has 4 nitrogen and oxygen atoms in total. The molecule has 108 valence electrons. The van der Waals surface area contributed by atoms with Crippen LogP contribution in [0.3, 0.4) is 0 Å². The monoisotopic (exact) mass is 328 g/mol. The Kier molecular flexibility index (Phi) is 5.42. The molecule has 1 aromatic heterocycles. The molecule has 1 saturated heterocycles. The first kappa shape index (κ1) is 15.0. The van der Waals surface area contributed by atoms with Gasteiger partial charge in [-0.25, -0.2) is 0 Å². The summed E-state index contributed by atoms with van der Waals surface area (Å²) in [5.41, 5.74) is 2.36. The number of aryl methyl sites for hydroxylation is 2. The smallest absolute Gasteiger partial charge is 0.0739 e. The minimum absolute atomic E-state index is 0.666. The van der Waals surface area contributed by atoms with Crippen molar-refractivity contribution in [2.75, 3.05) is 19.6 Å². The van der Waals surface area contributed by atoms with Gasteiger partial charge in [-0.15, -0.1) is 0 Å². The van der Waals surface area contributed by atoms with Gasteiger partial charge >= 0.3 is 0 Å². The van der Waals surface area contributed by atoms with Crippen LogP contribution >= 0.6 is 15.9 Å². The molecule has 0 aliphatic carbocycles. The lowest BCUT2D eigenvalue weighted by atomic mass is 10.2. The van der Waals surface area contributed by atoms with Crippen LogP contribution in [0, 0.1) is 6.92 Å². The van der Waals surface area contributed by atoms with E-state index in [9.17, 15) is 0 Å². The number of halogens is 1. The number of hydrogen-bond acceptors (Lipinski definition) is 3. The van der Waals surface area contributed by atoms with Gasteiger partial charge in [0.25, 0.3) is 0 Å². The number of hydrogen-bond donors (Lipinski definition) is 1. The van der Waals surface area contributed by atoms with Gasteiger partial charge in [0.15, 0.2) is 0 Å². The normalized spacial score (nSPS) is 19.5. The van der Waals surface area contributed by atoms with Crippen LogP contribution < -0.4 is 5.32 Å². The summed E-state index contributed by atoms with van der Waals surface area (Å²) in [5.74, 6) is 0. The van der Waals surface area contributed by atoms with E-state index in [1.165, 1.54) is 31.5 Å². The van der Waals surface area contributed by atoms with Gasteiger partial charge in [-0.3, -0.25) is 9.58 Å². The first-order valence-corrected chi connectivity index (χ1v) is 8.04. The molecule has 0 aromatic carbocycles. The lowest BCUT2D eigenvalue weighted by Gasteiger charge is -2.25. The summed E-state index contributed by atoms with van der Waals surface area (Å²) in [4.78, 5) is 2.55. The quantitative estimate of drug-likeness (QED) is 0.870. The number of aromatic nitrogens is 2. The van der Waals surface area contributed by atoms with Gasteiger partial charge in [0.1, 0.15) is 0 Å². The van der Waals surface area contributed by atoms with E-state index in [2.05, 4.69) is 45.1 Å². The Hall–Kier alpha value is -0.390. The van der Waals surface area contributed by atoms with Crippen LogP contribution in [0.15, 0.2) is 4.47 Å².